The van der Waals surface area contributed by atoms with Gasteiger partial charge in [0, 0.05) is 17.3 Å². The standard InChI is InChI=1S/C23H16ClN7O/c1-3-14-6-8-16(9-7-14)28-23-30-21-20(26-13-27-21)22(31-23)29-19-17(24)11-15(5-4-10-25)12-18(19)32-2/h1,4-9,11-13H,2H3,(H3,26,27,28,29,30,31)/b5-4+. The van der Waals surface area contributed by atoms with Crippen LogP contribution in [0.5, 0.6) is 5.75 Å². The molecule has 0 aliphatic carbocycles. The van der Waals surface area contributed by atoms with Crippen molar-refractivity contribution in [2.24, 2.45) is 0 Å². The molecule has 2 aromatic heterocycles. The third-order valence-corrected chi connectivity index (χ3v) is 4.78. The zero-order valence-corrected chi connectivity index (χ0v) is 17.6. The number of terminal acetylenes is 1. The van der Waals surface area contributed by atoms with E-state index in [-0.39, 0.29) is 0 Å². The number of anilines is 4. The maximum atomic E-state index is 8.76. The third-order valence-electron chi connectivity index (χ3n) is 4.48. The molecule has 0 saturated carbocycles. The Morgan fingerprint density at radius 1 is 1.19 bits per heavy atom. The number of H-pyrrole nitrogens is 1. The Balaban J connectivity index is 1.71. The number of rotatable bonds is 6. The van der Waals surface area contributed by atoms with E-state index in [1.165, 1.54) is 19.5 Å². The monoisotopic (exact) mass is 441 g/mol. The number of ether oxygens (including phenoxy) is 1. The van der Waals surface area contributed by atoms with Gasteiger partial charge in [0.25, 0.3) is 0 Å². The maximum Gasteiger partial charge on any atom is 0.231 e. The SMILES string of the molecule is C#Cc1ccc(Nc2nc(Nc3c(Cl)cc(/C=C/C#N)cc3OC)c3[nH]cnc3n2)cc1. The number of imidazole rings is 1. The molecule has 0 spiro atoms. The number of methoxy groups -OCH3 is 1. The summed E-state index contributed by atoms with van der Waals surface area (Å²) in [7, 11) is 1.53. The Bertz CT molecular complexity index is 1400. The van der Waals surface area contributed by atoms with E-state index < -0.39 is 0 Å². The Morgan fingerprint density at radius 3 is 2.72 bits per heavy atom. The highest BCUT2D eigenvalue weighted by atomic mass is 35.5. The van der Waals surface area contributed by atoms with Gasteiger partial charge in [0.15, 0.2) is 11.5 Å². The highest BCUT2D eigenvalue weighted by Crippen LogP contribution is 2.37. The number of hydrogen-bond acceptors (Lipinski definition) is 7. The van der Waals surface area contributed by atoms with Gasteiger partial charge in [-0.05, 0) is 48.0 Å². The molecule has 0 saturated heterocycles. The fraction of sp³-hybridized carbons (Fsp3) is 0.0435. The average Bonchev–Trinajstić information content (AvgIpc) is 3.28. The van der Waals surface area contributed by atoms with E-state index in [1.54, 1.807) is 18.2 Å². The molecule has 156 valence electrons. The van der Waals surface area contributed by atoms with E-state index in [0.717, 1.165) is 16.8 Å². The van der Waals surface area contributed by atoms with Gasteiger partial charge in [-0.25, -0.2) is 4.98 Å². The van der Waals surface area contributed by atoms with Crippen molar-refractivity contribution in [2.75, 3.05) is 17.7 Å². The first-order chi connectivity index (χ1) is 15.6. The molecule has 0 fully saturated rings. The lowest BCUT2D eigenvalue weighted by Gasteiger charge is -2.15. The lowest BCUT2D eigenvalue weighted by molar-refractivity contribution is 0.416. The highest BCUT2D eigenvalue weighted by molar-refractivity contribution is 6.34. The van der Waals surface area contributed by atoms with Crippen LogP contribution >= 0.6 is 11.6 Å². The van der Waals surface area contributed by atoms with Crippen LogP contribution in [0.25, 0.3) is 17.2 Å². The zero-order chi connectivity index (χ0) is 22.5. The summed E-state index contributed by atoms with van der Waals surface area (Å²) in [5, 5.41) is 15.5. The molecule has 9 heteroatoms. The molecule has 0 atom stereocenters. The van der Waals surface area contributed by atoms with Crippen molar-refractivity contribution in [3.8, 4) is 24.2 Å². The van der Waals surface area contributed by atoms with E-state index in [1.807, 2.05) is 30.3 Å². The first kappa shape index (κ1) is 20.7. The second-order valence-corrected chi connectivity index (χ2v) is 6.92. The summed E-state index contributed by atoms with van der Waals surface area (Å²) in [6, 6.07) is 12.8. The van der Waals surface area contributed by atoms with E-state index in [0.29, 0.717) is 39.4 Å². The molecule has 2 heterocycles. The van der Waals surface area contributed by atoms with Crippen LogP contribution in [0.3, 0.4) is 0 Å². The van der Waals surface area contributed by atoms with E-state index in [4.69, 9.17) is 28.0 Å². The minimum atomic E-state index is 0.337. The molecule has 4 rings (SSSR count). The first-order valence-corrected chi connectivity index (χ1v) is 9.74. The number of nitriles is 1. The summed E-state index contributed by atoms with van der Waals surface area (Å²) < 4.78 is 5.50. The number of allylic oxidation sites excluding steroid dienone is 1. The minimum Gasteiger partial charge on any atom is -0.494 e. The van der Waals surface area contributed by atoms with Crippen LogP contribution in [0.2, 0.25) is 5.02 Å². The number of nitrogens with zero attached hydrogens (tertiary/aromatic N) is 4. The maximum absolute atomic E-state index is 8.76. The van der Waals surface area contributed by atoms with Crippen LogP contribution < -0.4 is 15.4 Å². The van der Waals surface area contributed by atoms with Gasteiger partial charge in [-0.1, -0.05) is 17.5 Å². The van der Waals surface area contributed by atoms with Gasteiger partial charge in [0.2, 0.25) is 5.95 Å². The van der Waals surface area contributed by atoms with Gasteiger partial charge in [0.1, 0.15) is 17.0 Å². The van der Waals surface area contributed by atoms with Crippen molar-refractivity contribution in [3.63, 3.8) is 0 Å². The largest absolute Gasteiger partial charge is 0.494 e. The first-order valence-electron chi connectivity index (χ1n) is 9.37. The molecule has 2 aromatic carbocycles. The van der Waals surface area contributed by atoms with Crippen molar-refractivity contribution in [1.82, 2.24) is 19.9 Å². The second kappa shape index (κ2) is 9.09. The van der Waals surface area contributed by atoms with Crippen LogP contribution in [-0.2, 0) is 0 Å². The van der Waals surface area contributed by atoms with E-state index in [2.05, 4.69) is 36.5 Å². The topological polar surface area (TPSA) is 112 Å². The van der Waals surface area contributed by atoms with Gasteiger partial charge in [0.05, 0.1) is 24.5 Å². The van der Waals surface area contributed by atoms with Crippen LogP contribution in [0.15, 0.2) is 48.8 Å². The summed E-state index contributed by atoms with van der Waals surface area (Å²) in [6.45, 7) is 0. The Morgan fingerprint density at radius 2 is 2.00 bits per heavy atom. The van der Waals surface area contributed by atoms with Crippen LogP contribution in [0.4, 0.5) is 23.1 Å². The highest BCUT2D eigenvalue weighted by Gasteiger charge is 2.16. The number of benzene rings is 2. The van der Waals surface area contributed by atoms with E-state index in [9.17, 15) is 0 Å². The van der Waals surface area contributed by atoms with Crippen LogP contribution in [0.1, 0.15) is 11.1 Å². The molecule has 0 aliphatic heterocycles. The molecule has 4 aromatic rings. The average molecular weight is 442 g/mol. The molecule has 32 heavy (non-hydrogen) atoms. The molecule has 0 amide bonds. The Hall–Kier alpha value is -4.53. The summed E-state index contributed by atoms with van der Waals surface area (Å²) in [5.74, 6) is 3.86. The van der Waals surface area contributed by atoms with Gasteiger partial charge < -0.3 is 20.4 Å². The van der Waals surface area contributed by atoms with Gasteiger partial charge in [-0.2, -0.15) is 15.2 Å². The van der Waals surface area contributed by atoms with Crippen LogP contribution in [-0.4, -0.2) is 27.0 Å². The molecule has 3 N–H and O–H groups in total. The molecule has 0 unspecified atom stereocenters. The summed E-state index contributed by atoms with van der Waals surface area (Å²) in [6.07, 6.45) is 9.95. The predicted molar refractivity (Wildman–Crippen MR) is 125 cm³/mol. The lowest BCUT2D eigenvalue weighted by atomic mass is 10.1. The number of halogens is 1. The lowest BCUT2D eigenvalue weighted by Crippen LogP contribution is -2.04. The molecule has 8 nitrogen and oxygen atoms in total. The van der Waals surface area contributed by atoms with Gasteiger partial charge in [-0.15, -0.1) is 6.42 Å². The number of aromatic nitrogens is 4. The second-order valence-electron chi connectivity index (χ2n) is 6.51. The number of aromatic amines is 1. The summed E-state index contributed by atoms with van der Waals surface area (Å²) in [5.41, 5.74) is 3.86. The van der Waals surface area contributed by atoms with Crippen molar-refractivity contribution in [3.05, 3.63) is 65.0 Å². The van der Waals surface area contributed by atoms with Crippen molar-refractivity contribution in [2.45, 2.75) is 0 Å². The fourth-order valence-electron chi connectivity index (χ4n) is 2.99. The number of nitrogens with one attached hydrogen (secondary N) is 3. The summed E-state index contributed by atoms with van der Waals surface area (Å²) >= 11 is 6.51. The summed E-state index contributed by atoms with van der Waals surface area (Å²) in [4.78, 5) is 16.3. The minimum absolute atomic E-state index is 0.337. The van der Waals surface area contributed by atoms with Crippen LogP contribution in [0, 0.1) is 23.7 Å². The van der Waals surface area contributed by atoms with Crippen molar-refractivity contribution >= 4 is 52.0 Å². The smallest absolute Gasteiger partial charge is 0.231 e. The van der Waals surface area contributed by atoms with E-state index >= 15 is 0 Å². The van der Waals surface area contributed by atoms with Crippen molar-refractivity contribution in [1.29, 1.82) is 5.26 Å². The predicted octanol–water partition coefficient (Wildman–Crippen LogP) is 5.02. The normalized spacial score (nSPS) is 10.6. The molecule has 0 aliphatic rings. The fourth-order valence-corrected chi connectivity index (χ4v) is 3.26. The Labute approximate surface area is 189 Å². The Kier molecular flexibility index (Phi) is 5.89. The van der Waals surface area contributed by atoms with Crippen molar-refractivity contribution < 1.29 is 4.74 Å². The number of hydrogen-bond donors (Lipinski definition) is 3. The molecular weight excluding hydrogens is 426 g/mol. The number of fused-ring (bicyclic) bond motifs is 1. The molecular formula is C23H16ClN7O. The zero-order valence-electron chi connectivity index (χ0n) is 16.8. The molecule has 0 bridgehead atoms. The molecule has 0 radical (unpaired) electrons. The van der Waals surface area contributed by atoms with Gasteiger partial charge in [-0.3, -0.25) is 0 Å². The van der Waals surface area contributed by atoms with Gasteiger partial charge >= 0.3 is 0 Å². The third kappa shape index (κ3) is 4.31. The quantitative estimate of drug-likeness (QED) is 0.284.